The van der Waals surface area contributed by atoms with Gasteiger partial charge in [-0.25, -0.2) is 9.97 Å². The van der Waals surface area contributed by atoms with Gasteiger partial charge in [-0.05, 0) is 38.0 Å². The van der Waals surface area contributed by atoms with Crippen LogP contribution in [0.5, 0.6) is 5.75 Å². The topological polar surface area (TPSA) is 95.2 Å². The third-order valence-electron chi connectivity index (χ3n) is 5.05. The zero-order valence-electron chi connectivity index (χ0n) is 16.5. The zero-order valence-corrected chi connectivity index (χ0v) is 16.5. The number of H-pyrrole nitrogens is 1. The highest BCUT2D eigenvalue weighted by Crippen LogP contribution is 2.25. The van der Waals surface area contributed by atoms with Crippen LogP contribution in [0.2, 0.25) is 0 Å². The molecule has 1 aromatic carbocycles. The summed E-state index contributed by atoms with van der Waals surface area (Å²) in [4.78, 5) is 26.6. The van der Waals surface area contributed by atoms with E-state index >= 15 is 0 Å². The number of amides is 1. The number of aromatic nitrogens is 3. The van der Waals surface area contributed by atoms with Gasteiger partial charge >= 0.3 is 0 Å². The highest BCUT2D eigenvalue weighted by atomic mass is 16.5. The Morgan fingerprint density at radius 3 is 3.10 bits per heavy atom. The van der Waals surface area contributed by atoms with Crippen molar-refractivity contribution in [3.05, 3.63) is 42.9 Å². The molecule has 8 nitrogen and oxygen atoms in total. The van der Waals surface area contributed by atoms with Crippen molar-refractivity contribution >= 4 is 28.4 Å². The summed E-state index contributed by atoms with van der Waals surface area (Å²) in [6.45, 7) is 4.38. The van der Waals surface area contributed by atoms with Gasteiger partial charge in [-0.1, -0.05) is 12.1 Å². The first-order valence-corrected chi connectivity index (χ1v) is 10.0. The number of hydrogen-bond donors (Lipinski definition) is 3. The molecule has 4 rings (SSSR count). The van der Waals surface area contributed by atoms with Crippen LogP contribution in [0.1, 0.15) is 19.8 Å². The summed E-state index contributed by atoms with van der Waals surface area (Å²) in [6, 6.07) is 9.73. The van der Waals surface area contributed by atoms with Crippen LogP contribution in [0.15, 0.2) is 42.9 Å². The van der Waals surface area contributed by atoms with Gasteiger partial charge in [-0.2, -0.15) is 0 Å². The number of carbonyl (C=O) groups is 1. The Hall–Kier alpha value is -3.29. The number of rotatable bonds is 7. The molecule has 3 aromatic rings. The summed E-state index contributed by atoms with van der Waals surface area (Å²) < 4.78 is 5.60. The van der Waals surface area contributed by atoms with E-state index in [1.807, 2.05) is 43.5 Å². The molecule has 3 N–H and O–H groups in total. The fourth-order valence-corrected chi connectivity index (χ4v) is 3.75. The van der Waals surface area contributed by atoms with E-state index < -0.39 is 0 Å². The van der Waals surface area contributed by atoms with Crippen LogP contribution in [0.25, 0.3) is 11.0 Å². The number of anilines is 2. The van der Waals surface area contributed by atoms with Crippen LogP contribution in [-0.4, -0.2) is 53.1 Å². The predicted molar refractivity (Wildman–Crippen MR) is 113 cm³/mol. The average Bonchev–Trinajstić information content (AvgIpc) is 3.22. The van der Waals surface area contributed by atoms with Crippen molar-refractivity contribution in [3.8, 4) is 5.75 Å². The van der Waals surface area contributed by atoms with Crippen LogP contribution in [0, 0.1) is 0 Å². The number of ether oxygens (including phenoxy) is 1. The molecule has 1 fully saturated rings. The number of nitrogens with zero attached hydrogens (tertiary/aromatic N) is 3. The van der Waals surface area contributed by atoms with Gasteiger partial charge in [-0.3, -0.25) is 4.79 Å². The minimum atomic E-state index is -0.0300. The molecule has 0 radical (unpaired) electrons. The lowest BCUT2D eigenvalue weighted by molar-refractivity contribution is -0.120. The van der Waals surface area contributed by atoms with Gasteiger partial charge in [0.25, 0.3) is 0 Å². The summed E-state index contributed by atoms with van der Waals surface area (Å²) in [5.41, 5.74) is 1.66. The van der Waals surface area contributed by atoms with E-state index in [2.05, 4.69) is 30.5 Å². The second kappa shape index (κ2) is 8.81. The molecular formula is C21H26N6O2. The Morgan fingerprint density at radius 1 is 1.31 bits per heavy atom. The molecule has 152 valence electrons. The predicted octanol–water partition coefficient (Wildman–Crippen LogP) is 2.55. The van der Waals surface area contributed by atoms with E-state index in [0.29, 0.717) is 6.61 Å². The third-order valence-corrected chi connectivity index (χ3v) is 5.05. The minimum absolute atomic E-state index is 0.0300. The number of piperidine rings is 1. The van der Waals surface area contributed by atoms with Crippen molar-refractivity contribution in [3.63, 3.8) is 0 Å². The molecule has 2 aromatic heterocycles. The third kappa shape index (κ3) is 4.42. The minimum Gasteiger partial charge on any atom is -0.492 e. The number of para-hydroxylation sites is 2. The van der Waals surface area contributed by atoms with Crippen LogP contribution in [0.3, 0.4) is 0 Å². The molecule has 3 heterocycles. The van der Waals surface area contributed by atoms with E-state index in [4.69, 9.17) is 4.74 Å². The molecule has 1 aliphatic rings. The molecule has 0 aliphatic carbocycles. The molecule has 0 bridgehead atoms. The zero-order chi connectivity index (χ0) is 20.1. The monoisotopic (exact) mass is 394 g/mol. The molecule has 1 amide bonds. The number of nitrogens with one attached hydrogen (secondary N) is 3. The van der Waals surface area contributed by atoms with Crippen LogP contribution in [0.4, 0.5) is 11.5 Å². The van der Waals surface area contributed by atoms with Gasteiger partial charge in [0.15, 0.2) is 0 Å². The number of hydrogen-bond acceptors (Lipinski definition) is 6. The Labute approximate surface area is 169 Å². The highest BCUT2D eigenvalue weighted by molar-refractivity contribution is 5.87. The van der Waals surface area contributed by atoms with Crippen molar-refractivity contribution < 1.29 is 9.53 Å². The van der Waals surface area contributed by atoms with Crippen molar-refractivity contribution in [2.75, 3.05) is 36.5 Å². The molecule has 1 atom stereocenters. The molecule has 0 saturated carbocycles. The second-order valence-corrected chi connectivity index (χ2v) is 7.07. The fraction of sp³-hybridized carbons (Fsp3) is 0.381. The standard InChI is InChI=1S/C21H26N6O2/c1-2-29-18-8-4-3-7-17(18)23-12-19(28)26-15-6-5-11-27(13-15)21-16-9-10-22-20(16)24-14-25-21/h3-4,7-10,14-15,23H,2,5-6,11-13H2,1H3,(H,26,28)(H,22,24,25)/t15-/m1/s1. The maximum absolute atomic E-state index is 12.5. The molecule has 29 heavy (non-hydrogen) atoms. The lowest BCUT2D eigenvalue weighted by Crippen LogP contribution is -2.49. The average molecular weight is 394 g/mol. The van der Waals surface area contributed by atoms with E-state index in [-0.39, 0.29) is 18.5 Å². The number of aromatic amines is 1. The summed E-state index contributed by atoms with van der Waals surface area (Å²) in [5, 5.41) is 7.33. The van der Waals surface area contributed by atoms with Gasteiger partial charge in [0.1, 0.15) is 23.5 Å². The van der Waals surface area contributed by atoms with E-state index in [1.165, 1.54) is 0 Å². The van der Waals surface area contributed by atoms with Crippen LogP contribution in [-0.2, 0) is 4.79 Å². The van der Waals surface area contributed by atoms with Gasteiger partial charge in [-0.15, -0.1) is 0 Å². The lowest BCUT2D eigenvalue weighted by Gasteiger charge is -2.34. The van der Waals surface area contributed by atoms with E-state index in [0.717, 1.165) is 54.2 Å². The Balaban J connectivity index is 1.35. The molecule has 1 saturated heterocycles. The Bertz CT molecular complexity index is 972. The van der Waals surface area contributed by atoms with Gasteiger partial charge in [0.05, 0.1) is 24.2 Å². The molecule has 1 aliphatic heterocycles. The SMILES string of the molecule is CCOc1ccccc1NCC(=O)N[C@@H]1CCCN(c2ncnc3[nH]ccc23)C1. The van der Waals surface area contributed by atoms with Crippen molar-refractivity contribution in [1.29, 1.82) is 0 Å². The first-order valence-electron chi connectivity index (χ1n) is 10.0. The second-order valence-electron chi connectivity index (χ2n) is 7.07. The number of carbonyl (C=O) groups excluding carboxylic acids is 1. The molecule has 0 unspecified atom stereocenters. The number of benzene rings is 1. The maximum atomic E-state index is 12.5. The molecule has 0 spiro atoms. The first-order chi connectivity index (χ1) is 14.2. The smallest absolute Gasteiger partial charge is 0.239 e. The molecule has 8 heteroatoms. The van der Waals surface area contributed by atoms with Crippen molar-refractivity contribution in [1.82, 2.24) is 20.3 Å². The van der Waals surface area contributed by atoms with E-state index in [1.54, 1.807) is 6.33 Å². The van der Waals surface area contributed by atoms with Crippen molar-refractivity contribution in [2.45, 2.75) is 25.8 Å². The fourth-order valence-electron chi connectivity index (χ4n) is 3.75. The quantitative estimate of drug-likeness (QED) is 0.570. The summed E-state index contributed by atoms with van der Waals surface area (Å²) in [6.07, 6.45) is 5.41. The van der Waals surface area contributed by atoms with Gasteiger partial charge in [0, 0.05) is 25.3 Å². The largest absolute Gasteiger partial charge is 0.492 e. The van der Waals surface area contributed by atoms with Crippen LogP contribution < -0.4 is 20.3 Å². The van der Waals surface area contributed by atoms with Crippen LogP contribution >= 0.6 is 0 Å². The summed E-state index contributed by atoms with van der Waals surface area (Å²) in [5.74, 6) is 1.64. The Morgan fingerprint density at radius 2 is 2.21 bits per heavy atom. The summed E-state index contributed by atoms with van der Waals surface area (Å²) >= 11 is 0. The normalized spacial score (nSPS) is 16.6. The van der Waals surface area contributed by atoms with Gasteiger partial charge < -0.3 is 25.3 Å². The van der Waals surface area contributed by atoms with E-state index in [9.17, 15) is 4.79 Å². The maximum Gasteiger partial charge on any atom is 0.239 e. The van der Waals surface area contributed by atoms with Crippen molar-refractivity contribution in [2.24, 2.45) is 0 Å². The first kappa shape index (κ1) is 19.0. The lowest BCUT2D eigenvalue weighted by atomic mass is 10.1. The Kier molecular flexibility index (Phi) is 5.79. The highest BCUT2D eigenvalue weighted by Gasteiger charge is 2.24. The number of fused-ring (bicyclic) bond motifs is 1. The summed E-state index contributed by atoms with van der Waals surface area (Å²) in [7, 11) is 0. The molecular weight excluding hydrogens is 368 g/mol. The van der Waals surface area contributed by atoms with Gasteiger partial charge in [0.2, 0.25) is 5.91 Å².